The Morgan fingerprint density at radius 3 is 2.60 bits per heavy atom. The first kappa shape index (κ1) is 18.9. The van der Waals surface area contributed by atoms with Gasteiger partial charge in [-0.25, -0.2) is 8.42 Å². The van der Waals surface area contributed by atoms with Gasteiger partial charge in [-0.15, -0.1) is 0 Å². The number of carbonyl (C=O) groups excluding carboxylic acids is 1. The highest BCUT2D eigenvalue weighted by atomic mass is 32.2. The lowest BCUT2D eigenvalue weighted by Crippen LogP contribution is -2.35. The van der Waals surface area contributed by atoms with Crippen LogP contribution < -0.4 is 10.2 Å². The van der Waals surface area contributed by atoms with Gasteiger partial charge in [-0.3, -0.25) is 9.78 Å². The van der Waals surface area contributed by atoms with Crippen molar-refractivity contribution in [2.75, 3.05) is 37.4 Å². The molecule has 0 bridgehead atoms. The van der Waals surface area contributed by atoms with Crippen molar-refractivity contribution in [3.63, 3.8) is 0 Å². The highest BCUT2D eigenvalue weighted by Gasteiger charge is 2.23. The van der Waals surface area contributed by atoms with Gasteiger partial charge in [0.15, 0.2) is 0 Å². The second-order valence-electron chi connectivity index (χ2n) is 5.56. The number of pyridine rings is 1. The number of hydrogen-bond donors (Lipinski definition) is 1. The van der Waals surface area contributed by atoms with Crippen LogP contribution in [0.15, 0.2) is 53.7 Å². The van der Waals surface area contributed by atoms with E-state index in [1.807, 2.05) is 37.1 Å². The van der Waals surface area contributed by atoms with E-state index in [0.717, 1.165) is 16.5 Å². The molecule has 1 aromatic heterocycles. The first-order valence-corrected chi connectivity index (χ1v) is 9.26. The van der Waals surface area contributed by atoms with Crippen LogP contribution in [0.1, 0.15) is 6.92 Å². The molecule has 1 aromatic carbocycles. The maximum absolute atomic E-state index is 12.4. The second-order valence-corrected chi connectivity index (χ2v) is 7.61. The Labute approximate surface area is 148 Å². The number of nitrogens with one attached hydrogen (secondary N) is 1. The maximum Gasteiger partial charge on any atom is 0.244 e. The van der Waals surface area contributed by atoms with E-state index in [4.69, 9.17) is 0 Å². The molecular weight excluding hydrogens is 340 g/mol. The van der Waals surface area contributed by atoms with E-state index in [1.165, 1.54) is 31.6 Å². The SMILES string of the molecule is CCN(C)c1cccc(NC(=O)CN(C)S(=O)(=O)c2cccnc2)c1. The van der Waals surface area contributed by atoms with E-state index in [1.54, 1.807) is 6.07 Å². The lowest BCUT2D eigenvalue weighted by molar-refractivity contribution is -0.116. The Morgan fingerprint density at radius 1 is 1.20 bits per heavy atom. The summed E-state index contributed by atoms with van der Waals surface area (Å²) in [6.07, 6.45) is 2.75. The first-order valence-electron chi connectivity index (χ1n) is 7.82. The van der Waals surface area contributed by atoms with Crippen molar-refractivity contribution in [1.29, 1.82) is 0 Å². The quantitative estimate of drug-likeness (QED) is 0.812. The van der Waals surface area contributed by atoms with Crippen LogP contribution in [0.2, 0.25) is 0 Å². The summed E-state index contributed by atoms with van der Waals surface area (Å²) >= 11 is 0. The van der Waals surface area contributed by atoms with Crippen LogP contribution in [0.4, 0.5) is 11.4 Å². The molecule has 0 aliphatic rings. The third-order valence-electron chi connectivity index (χ3n) is 3.75. The minimum atomic E-state index is -3.75. The van der Waals surface area contributed by atoms with Gasteiger partial charge in [0.25, 0.3) is 0 Å². The zero-order chi connectivity index (χ0) is 18.4. The molecule has 0 atom stereocenters. The van der Waals surface area contributed by atoms with Crippen LogP contribution in [-0.2, 0) is 14.8 Å². The number of sulfonamides is 1. The molecule has 1 N–H and O–H groups in total. The Kier molecular flexibility index (Phi) is 6.11. The molecule has 0 saturated carbocycles. The molecule has 0 aliphatic heterocycles. The van der Waals surface area contributed by atoms with Crippen LogP contribution in [0, 0.1) is 0 Å². The van der Waals surface area contributed by atoms with Crippen LogP contribution in [0.25, 0.3) is 0 Å². The zero-order valence-corrected chi connectivity index (χ0v) is 15.3. The van der Waals surface area contributed by atoms with Crippen molar-refractivity contribution in [2.45, 2.75) is 11.8 Å². The number of hydrogen-bond acceptors (Lipinski definition) is 5. The van der Waals surface area contributed by atoms with Gasteiger partial charge in [0.2, 0.25) is 15.9 Å². The summed E-state index contributed by atoms with van der Waals surface area (Å²) in [5, 5.41) is 2.73. The molecule has 2 aromatic rings. The average molecular weight is 362 g/mol. The highest BCUT2D eigenvalue weighted by molar-refractivity contribution is 7.89. The molecule has 0 saturated heterocycles. The van der Waals surface area contributed by atoms with Gasteiger partial charge in [-0.2, -0.15) is 4.31 Å². The summed E-state index contributed by atoms with van der Waals surface area (Å²) in [6, 6.07) is 10.4. The van der Waals surface area contributed by atoms with Crippen molar-refractivity contribution in [1.82, 2.24) is 9.29 Å². The van der Waals surface area contributed by atoms with Gasteiger partial charge in [0.1, 0.15) is 4.90 Å². The second kappa shape index (κ2) is 8.09. The van der Waals surface area contributed by atoms with Gasteiger partial charge in [0.05, 0.1) is 6.54 Å². The topological polar surface area (TPSA) is 82.6 Å². The van der Waals surface area contributed by atoms with Gasteiger partial charge < -0.3 is 10.2 Å². The molecule has 0 spiro atoms. The standard InChI is InChI=1S/C17H22N4O3S/c1-4-20(2)15-8-5-7-14(11-15)19-17(22)13-21(3)25(23,24)16-9-6-10-18-12-16/h5-12H,4,13H2,1-3H3,(H,19,22). The van der Waals surface area contributed by atoms with Crippen molar-refractivity contribution >= 4 is 27.3 Å². The van der Waals surface area contributed by atoms with E-state index < -0.39 is 15.9 Å². The molecule has 8 heteroatoms. The third kappa shape index (κ3) is 4.77. The molecule has 134 valence electrons. The Bertz CT molecular complexity index is 825. The molecule has 0 unspecified atom stereocenters. The minimum Gasteiger partial charge on any atom is -0.375 e. The normalized spacial score (nSPS) is 11.4. The largest absolute Gasteiger partial charge is 0.375 e. The number of benzene rings is 1. The van der Waals surface area contributed by atoms with Gasteiger partial charge in [-0.05, 0) is 37.3 Å². The molecule has 1 amide bonds. The number of carbonyl (C=O) groups is 1. The third-order valence-corrected chi connectivity index (χ3v) is 5.54. The van der Waals surface area contributed by atoms with Crippen LogP contribution >= 0.6 is 0 Å². The predicted octanol–water partition coefficient (Wildman–Crippen LogP) is 1.80. The molecule has 7 nitrogen and oxygen atoms in total. The van der Waals surface area contributed by atoms with Crippen LogP contribution in [-0.4, -0.2) is 50.8 Å². The summed E-state index contributed by atoms with van der Waals surface area (Å²) in [6.45, 7) is 2.58. The highest BCUT2D eigenvalue weighted by Crippen LogP contribution is 2.18. The molecule has 0 fully saturated rings. The monoisotopic (exact) mass is 362 g/mol. The number of anilines is 2. The average Bonchev–Trinajstić information content (AvgIpc) is 2.61. The van der Waals surface area contributed by atoms with Crippen molar-refractivity contribution in [3.05, 3.63) is 48.8 Å². The lowest BCUT2D eigenvalue weighted by atomic mass is 10.2. The summed E-state index contributed by atoms with van der Waals surface area (Å²) < 4.78 is 25.8. The Balaban J connectivity index is 2.05. The first-order chi connectivity index (χ1) is 11.8. The summed E-state index contributed by atoms with van der Waals surface area (Å²) in [5.74, 6) is -0.411. The molecule has 0 radical (unpaired) electrons. The number of aromatic nitrogens is 1. The van der Waals surface area contributed by atoms with Gasteiger partial charge in [0, 0.05) is 44.4 Å². The smallest absolute Gasteiger partial charge is 0.244 e. The molecule has 2 rings (SSSR count). The number of amides is 1. The maximum atomic E-state index is 12.4. The van der Waals surface area contributed by atoms with E-state index >= 15 is 0 Å². The van der Waals surface area contributed by atoms with Crippen LogP contribution in [0.3, 0.4) is 0 Å². The molecule has 1 heterocycles. The summed E-state index contributed by atoms with van der Waals surface area (Å²) in [7, 11) is -0.432. The number of rotatable bonds is 7. The van der Waals surface area contributed by atoms with Gasteiger partial charge >= 0.3 is 0 Å². The van der Waals surface area contributed by atoms with Crippen molar-refractivity contribution in [3.8, 4) is 0 Å². The zero-order valence-electron chi connectivity index (χ0n) is 14.5. The Hall–Kier alpha value is -2.45. The fourth-order valence-electron chi connectivity index (χ4n) is 2.17. The molecule has 0 aliphatic carbocycles. The van der Waals surface area contributed by atoms with Crippen LogP contribution in [0.5, 0.6) is 0 Å². The predicted molar refractivity (Wildman–Crippen MR) is 98.1 cm³/mol. The lowest BCUT2D eigenvalue weighted by Gasteiger charge is -2.19. The number of nitrogens with zero attached hydrogens (tertiary/aromatic N) is 3. The molecular formula is C17H22N4O3S. The summed E-state index contributed by atoms with van der Waals surface area (Å²) in [4.78, 5) is 18.1. The Morgan fingerprint density at radius 2 is 1.96 bits per heavy atom. The van der Waals surface area contributed by atoms with Gasteiger partial charge in [-0.1, -0.05) is 6.07 Å². The van der Waals surface area contributed by atoms with E-state index in [-0.39, 0.29) is 11.4 Å². The van der Waals surface area contributed by atoms with Crippen molar-refractivity contribution < 1.29 is 13.2 Å². The van der Waals surface area contributed by atoms with Crippen molar-refractivity contribution in [2.24, 2.45) is 0 Å². The molecule has 25 heavy (non-hydrogen) atoms. The fraction of sp³-hybridized carbons (Fsp3) is 0.294. The van der Waals surface area contributed by atoms with E-state index in [2.05, 4.69) is 10.3 Å². The number of likely N-dealkylation sites (N-methyl/N-ethyl adjacent to an activating group) is 1. The summed E-state index contributed by atoms with van der Waals surface area (Å²) in [5.41, 5.74) is 1.59. The minimum absolute atomic E-state index is 0.0527. The fourth-order valence-corrected chi connectivity index (χ4v) is 3.26. The van der Waals surface area contributed by atoms with E-state index in [9.17, 15) is 13.2 Å². The van der Waals surface area contributed by atoms with E-state index in [0.29, 0.717) is 5.69 Å².